The van der Waals surface area contributed by atoms with Crippen LogP contribution in [0.3, 0.4) is 0 Å². The molecule has 2 amide bonds. The number of anilines is 2. The number of carbonyl (C=O) groups excluding carboxylic acids is 2. The van der Waals surface area contributed by atoms with Crippen LogP contribution in [0.15, 0.2) is 46.9 Å². The largest absolute Gasteiger partial charge is 0.371 e. The molecule has 2 aromatic rings. The Morgan fingerprint density at radius 1 is 1.09 bits per heavy atom. The quantitative estimate of drug-likeness (QED) is 0.404. The summed E-state index contributed by atoms with van der Waals surface area (Å²) >= 11 is 3.34. The molecule has 2 aliphatic heterocycles. The number of fused-ring (bicyclic) bond motifs is 1. The molecule has 0 radical (unpaired) electrons. The normalized spacial score (nSPS) is 18.3. The molecule has 1 saturated heterocycles. The van der Waals surface area contributed by atoms with Gasteiger partial charge in [-0.2, -0.15) is 0 Å². The number of likely N-dealkylation sites (tertiary alicyclic amines) is 1. The molecule has 1 unspecified atom stereocenters. The van der Waals surface area contributed by atoms with E-state index in [1.54, 1.807) is 36.4 Å². The van der Waals surface area contributed by atoms with Crippen LogP contribution in [0.25, 0.3) is 0 Å². The molecule has 0 aliphatic carbocycles. The van der Waals surface area contributed by atoms with Gasteiger partial charge in [-0.15, -0.1) is 0 Å². The van der Waals surface area contributed by atoms with Gasteiger partial charge in [-0.1, -0.05) is 34.5 Å². The van der Waals surface area contributed by atoms with Gasteiger partial charge in [-0.3, -0.25) is 9.59 Å². The lowest BCUT2D eigenvalue weighted by Gasteiger charge is -2.27. The third-order valence-corrected chi connectivity index (χ3v) is 8.38. The average Bonchev–Trinajstić information content (AvgIpc) is 2.82. The number of benzene rings is 2. The first-order chi connectivity index (χ1) is 16.8. The second-order valence-electron chi connectivity index (χ2n) is 9.14. The third kappa shape index (κ3) is 7.28. The minimum Gasteiger partial charge on any atom is -0.371 e. The Kier molecular flexibility index (Phi) is 8.46. The van der Waals surface area contributed by atoms with E-state index in [4.69, 9.17) is 0 Å². The topological polar surface area (TPSA) is 108 Å². The zero-order valence-corrected chi connectivity index (χ0v) is 22.0. The lowest BCUT2D eigenvalue weighted by molar-refractivity contribution is -0.116. The molecule has 2 heterocycles. The Balaban J connectivity index is 1.31. The molecule has 0 spiro atoms. The molecule has 4 rings (SSSR count). The van der Waals surface area contributed by atoms with Crippen molar-refractivity contribution in [1.82, 2.24) is 10.2 Å². The maximum absolute atomic E-state index is 12.7. The van der Waals surface area contributed by atoms with E-state index in [9.17, 15) is 18.0 Å². The number of sulfone groups is 1. The van der Waals surface area contributed by atoms with Crippen LogP contribution in [-0.2, 0) is 20.4 Å². The molecule has 2 aromatic carbocycles. The van der Waals surface area contributed by atoms with Crippen LogP contribution >= 0.6 is 15.9 Å². The average molecular weight is 564 g/mol. The van der Waals surface area contributed by atoms with Crippen molar-refractivity contribution in [2.24, 2.45) is 0 Å². The van der Waals surface area contributed by atoms with E-state index in [0.29, 0.717) is 29.0 Å². The number of amides is 2. The van der Waals surface area contributed by atoms with Gasteiger partial charge in [0.1, 0.15) is 6.04 Å². The molecular formula is C25H31BrN4O4S. The molecule has 0 saturated carbocycles. The SMILES string of the molecule is O=C(NCCCN1CCCCC1)c1ccc2c(c1)NC(=O)C(CS(=O)(=O)Cc1cccc(Br)c1)N2. The highest BCUT2D eigenvalue weighted by atomic mass is 79.9. The standard InChI is InChI=1S/C25H31BrN4O4S/c26-20-7-4-6-18(14-20)16-35(33,34)17-23-25(32)29-22-15-19(8-9-21(22)28-23)24(31)27-10-5-13-30-11-2-1-3-12-30/h4,6-9,14-15,23,28H,1-3,5,10-13,16-17H2,(H,27,31)(H,29,32). The monoisotopic (exact) mass is 562 g/mol. The summed E-state index contributed by atoms with van der Waals surface area (Å²) in [6.45, 7) is 3.85. The van der Waals surface area contributed by atoms with Gasteiger partial charge in [0.25, 0.3) is 5.91 Å². The van der Waals surface area contributed by atoms with E-state index in [0.717, 1.165) is 30.5 Å². The number of piperidine rings is 1. The zero-order chi connectivity index (χ0) is 24.8. The fraction of sp³-hybridized carbons (Fsp3) is 0.440. The van der Waals surface area contributed by atoms with Crippen LogP contribution in [0.5, 0.6) is 0 Å². The van der Waals surface area contributed by atoms with E-state index in [1.807, 2.05) is 6.07 Å². The van der Waals surface area contributed by atoms with Crippen molar-refractivity contribution >= 4 is 49.0 Å². The molecule has 10 heteroatoms. The van der Waals surface area contributed by atoms with Gasteiger partial charge < -0.3 is 20.9 Å². The summed E-state index contributed by atoms with van der Waals surface area (Å²) in [5, 5.41) is 8.71. The Hall–Kier alpha value is -2.43. The van der Waals surface area contributed by atoms with Crippen LogP contribution in [0.1, 0.15) is 41.6 Å². The lowest BCUT2D eigenvalue weighted by atomic mass is 10.1. The summed E-state index contributed by atoms with van der Waals surface area (Å²) in [7, 11) is -3.54. The first-order valence-electron chi connectivity index (χ1n) is 12.0. The van der Waals surface area contributed by atoms with Crippen LogP contribution in [0.2, 0.25) is 0 Å². The van der Waals surface area contributed by atoms with Crippen LogP contribution < -0.4 is 16.0 Å². The lowest BCUT2D eigenvalue weighted by Crippen LogP contribution is -2.43. The molecular weight excluding hydrogens is 532 g/mol. The maximum Gasteiger partial charge on any atom is 0.251 e. The number of halogens is 1. The van der Waals surface area contributed by atoms with E-state index in [2.05, 4.69) is 36.8 Å². The van der Waals surface area contributed by atoms with Gasteiger partial charge in [-0.25, -0.2) is 8.42 Å². The van der Waals surface area contributed by atoms with Crippen LogP contribution in [0, 0.1) is 0 Å². The summed E-state index contributed by atoms with van der Waals surface area (Å²) in [6, 6.07) is 11.2. The fourth-order valence-corrected chi connectivity index (χ4v) is 6.48. The molecule has 2 aliphatic rings. The van der Waals surface area contributed by atoms with E-state index in [1.165, 1.54) is 19.3 Å². The molecule has 8 nitrogen and oxygen atoms in total. The number of rotatable bonds is 9. The maximum atomic E-state index is 12.7. The smallest absolute Gasteiger partial charge is 0.251 e. The Morgan fingerprint density at radius 3 is 2.66 bits per heavy atom. The van der Waals surface area contributed by atoms with Crippen molar-refractivity contribution in [3.63, 3.8) is 0 Å². The summed E-state index contributed by atoms with van der Waals surface area (Å²) in [5.74, 6) is -1.11. The summed E-state index contributed by atoms with van der Waals surface area (Å²) < 4.78 is 26.2. The number of hydrogen-bond donors (Lipinski definition) is 3. The molecule has 35 heavy (non-hydrogen) atoms. The minimum absolute atomic E-state index is 0.151. The number of nitrogens with one attached hydrogen (secondary N) is 3. The van der Waals surface area contributed by atoms with Crippen molar-refractivity contribution < 1.29 is 18.0 Å². The molecule has 188 valence electrons. The van der Waals surface area contributed by atoms with Gasteiger partial charge >= 0.3 is 0 Å². The summed E-state index contributed by atoms with van der Waals surface area (Å²) in [4.78, 5) is 27.6. The molecule has 3 N–H and O–H groups in total. The van der Waals surface area contributed by atoms with Crippen molar-refractivity contribution in [3.8, 4) is 0 Å². The fourth-order valence-electron chi connectivity index (χ4n) is 4.49. The zero-order valence-electron chi connectivity index (χ0n) is 19.6. The first kappa shape index (κ1) is 25.7. The van der Waals surface area contributed by atoms with Gasteiger partial charge in [0.2, 0.25) is 5.91 Å². The Labute approximate surface area is 214 Å². The third-order valence-electron chi connectivity index (χ3n) is 6.27. The van der Waals surface area contributed by atoms with Crippen molar-refractivity contribution in [1.29, 1.82) is 0 Å². The number of hydrogen-bond acceptors (Lipinski definition) is 6. The van der Waals surface area contributed by atoms with Gasteiger partial charge in [0.15, 0.2) is 9.84 Å². The molecule has 0 bridgehead atoms. The Morgan fingerprint density at radius 2 is 1.89 bits per heavy atom. The van der Waals surface area contributed by atoms with Gasteiger partial charge in [-0.05, 0) is 74.8 Å². The summed E-state index contributed by atoms with van der Waals surface area (Å²) in [6.07, 6.45) is 4.70. The van der Waals surface area contributed by atoms with Gasteiger partial charge in [0, 0.05) is 16.6 Å². The molecule has 1 fully saturated rings. The first-order valence-corrected chi connectivity index (χ1v) is 14.6. The van der Waals surface area contributed by atoms with E-state index in [-0.39, 0.29) is 17.4 Å². The summed E-state index contributed by atoms with van der Waals surface area (Å²) in [5.41, 5.74) is 2.16. The van der Waals surface area contributed by atoms with Crippen LogP contribution in [0.4, 0.5) is 11.4 Å². The predicted molar refractivity (Wildman–Crippen MR) is 141 cm³/mol. The highest BCUT2D eigenvalue weighted by Gasteiger charge is 2.30. The molecule has 1 atom stereocenters. The molecule has 0 aromatic heterocycles. The second kappa shape index (κ2) is 11.5. The van der Waals surface area contributed by atoms with Gasteiger partial charge in [0.05, 0.1) is 22.9 Å². The van der Waals surface area contributed by atoms with Crippen molar-refractivity contribution in [2.45, 2.75) is 37.5 Å². The van der Waals surface area contributed by atoms with Crippen LogP contribution in [-0.4, -0.2) is 63.1 Å². The predicted octanol–water partition coefficient (Wildman–Crippen LogP) is 3.40. The van der Waals surface area contributed by atoms with E-state index >= 15 is 0 Å². The number of nitrogens with zero attached hydrogens (tertiary/aromatic N) is 1. The van der Waals surface area contributed by atoms with E-state index < -0.39 is 21.8 Å². The second-order valence-corrected chi connectivity index (χ2v) is 12.2. The van der Waals surface area contributed by atoms with Crippen molar-refractivity contribution in [2.75, 3.05) is 42.6 Å². The minimum atomic E-state index is -3.54. The van der Waals surface area contributed by atoms with Crippen molar-refractivity contribution in [3.05, 3.63) is 58.1 Å². The highest BCUT2D eigenvalue weighted by Crippen LogP contribution is 2.28. The Bertz CT molecular complexity index is 1180. The number of carbonyl (C=O) groups is 2. The highest BCUT2D eigenvalue weighted by molar-refractivity contribution is 9.10.